The second-order valence-corrected chi connectivity index (χ2v) is 7.99. The lowest BCUT2D eigenvalue weighted by atomic mass is 9.85. The molecule has 3 rings (SSSR count). The van der Waals surface area contributed by atoms with Crippen molar-refractivity contribution in [3.8, 4) is 5.69 Å². The summed E-state index contributed by atoms with van der Waals surface area (Å²) >= 11 is 6.07. The third kappa shape index (κ3) is 4.51. The van der Waals surface area contributed by atoms with Gasteiger partial charge in [0, 0.05) is 11.1 Å². The maximum absolute atomic E-state index is 12.8. The molecule has 4 nitrogen and oxygen atoms in total. The number of benzene rings is 1. The van der Waals surface area contributed by atoms with Crippen LogP contribution in [-0.4, -0.2) is 27.9 Å². The van der Waals surface area contributed by atoms with E-state index in [1.807, 2.05) is 26.0 Å². The number of nitrogens with one attached hydrogen (secondary N) is 1. The predicted molar refractivity (Wildman–Crippen MR) is 102 cm³/mol. The zero-order valence-electron chi connectivity index (χ0n) is 15.8. The summed E-state index contributed by atoms with van der Waals surface area (Å²) < 4.78 is 40.2. The van der Waals surface area contributed by atoms with E-state index in [1.54, 1.807) is 16.8 Å². The topological polar surface area (TPSA) is 46.9 Å². The van der Waals surface area contributed by atoms with Gasteiger partial charge in [0.25, 0.3) is 5.91 Å². The lowest BCUT2D eigenvalue weighted by molar-refractivity contribution is -0.182. The normalized spacial score (nSPS) is 20.4. The maximum Gasteiger partial charge on any atom is 0.391 e. The molecule has 0 bridgehead atoms. The van der Waals surface area contributed by atoms with Crippen molar-refractivity contribution in [3.63, 3.8) is 0 Å². The van der Waals surface area contributed by atoms with Crippen LogP contribution in [0.5, 0.6) is 0 Å². The van der Waals surface area contributed by atoms with E-state index >= 15 is 0 Å². The first-order valence-electron chi connectivity index (χ1n) is 9.38. The molecule has 1 aromatic heterocycles. The fourth-order valence-electron chi connectivity index (χ4n) is 3.73. The molecular weight excluding hydrogens is 391 g/mol. The molecule has 1 saturated carbocycles. The Morgan fingerprint density at radius 2 is 1.93 bits per heavy atom. The van der Waals surface area contributed by atoms with Crippen LogP contribution in [0.2, 0.25) is 5.02 Å². The van der Waals surface area contributed by atoms with Gasteiger partial charge < -0.3 is 5.32 Å². The van der Waals surface area contributed by atoms with Crippen LogP contribution < -0.4 is 5.32 Å². The minimum absolute atomic E-state index is 0.0168. The zero-order valence-corrected chi connectivity index (χ0v) is 16.5. The average Bonchev–Trinajstić information content (AvgIpc) is 3.07. The average molecular weight is 414 g/mol. The fourth-order valence-corrected chi connectivity index (χ4v) is 3.91. The van der Waals surface area contributed by atoms with Gasteiger partial charge in [-0.1, -0.05) is 31.5 Å². The lowest BCUT2D eigenvalue weighted by Gasteiger charge is -2.30. The third-order valence-corrected chi connectivity index (χ3v) is 5.41. The second kappa shape index (κ2) is 8.15. The summed E-state index contributed by atoms with van der Waals surface area (Å²) in [6.07, 6.45) is -1.89. The van der Waals surface area contributed by atoms with Crippen LogP contribution >= 0.6 is 11.6 Å². The Hall–Kier alpha value is -2.02. The van der Waals surface area contributed by atoms with Crippen LogP contribution in [-0.2, 0) is 0 Å². The summed E-state index contributed by atoms with van der Waals surface area (Å²) in [4.78, 5) is 12.8. The first-order chi connectivity index (χ1) is 13.2. The van der Waals surface area contributed by atoms with Crippen molar-refractivity contribution in [2.45, 2.75) is 57.7 Å². The summed E-state index contributed by atoms with van der Waals surface area (Å²) in [5.74, 6) is -1.55. The first-order valence-corrected chi connectivity index (χ1v) is 9.76. The molecule has 1 aliphatic rings. The van der Waals surface area contributed by atoms with Gasteiger partial charge in [-0.2, -0.15) is 18.3 Å². The number of rotatable bonds is 4. The van der Waals surface area contributed by atoms with Crippen molar-refractivity contribution in [2.24, 2.45) is 5.92 Å². The molecule has 1 N–H and O–H groups in total. The molecule has 0 radical (unpaired) electrons. The van der Waals surface area contributed by atoms with Crippen molar-refractivity contribution in [3.05, 3.63) is 46.7 Å². The number of carbonyl (C=O) groups excluding carboxylic acids is 1. The molecule has 0 atom stereocenters. The van der Waals surface area contributed by atoms with E-state index in [0.29, 0.717) is 23.4 Å². The fraction of sp³-hybridized carbons (Fsp3) is 0.500. The Morgan fingerprint density at radius 3 is 2.50 bits per heavy atom. The van der Waals surface area contributed by atoms with Gasteiger partial charge in [0.2, 0.25) is 0 Å². The van der Waals surface area contributed by atoms with Gasteiger partial charge in [-0.15, -0.1) is 0 Å². The molecule has 8 heteroatoms. The third-order valence-electron chi connectivity index (χ3n) is 5.18. The highest BCUT2D eigenvalue weighted by molar-refractivity contribution is 6.30. The largest absolute Gasteiger partial charge is 0.391 e. The Labute approximate surface area is 167 Å². The molecule has 2 aromatic rings. The SMILES string of the molecule is CC(C)c1c(C(=O)NC2CCC(C(F)(F)F)CC2)cnn1-c1cccc(Cl)c1. The summed E-state index contributed by atoms with van der Waals surface area (Å²) in [5.41, 5.74) is 1.93. The molecule has 1 heterocycles. The molecule has 0 spiro atoms. The van der Waals surface area contributed by atoms with Gasteiger partial charge >= 0.3 is 6.18 Å². The van der Waals surface area contributed by atoms with Crippen molar-refractivity contribution in [2.75, 3.05) is 0 Å². The van der Waals surface area contributed by atoms with E-state index in [1.165, 1.54) is 6.20 Å². The Morgan fingerprint density at radius 1 is 1.25 bits per heavy atom. The molecule has 0 saturated heterocycles. The number of hydrogen-bond donors (Lipinski definition) is 1. The molecule has 1 amide bonds. The monoisotopic (exact) mass is 413 g/mol. The quantitative estimate of drug-likeness (QED) is 0.719. The molecule has 28 heavy (non-hydrogen) atoms. The Bertz CT molecular complexity index is 839. The minimum Gasteiger partial charge on any atom is -0.349 e. The van der Waals surface area contributed by atoms with Crippen LogP contribution in [0.25, 0.3) is 5.69 Å². The second-order valence-electron chi connectivity index (χ2n) is 7.55. The highest BCUT2D eigenvalue weighted by Gasteiger charge is 2.41. The van der Waals surface area contributed by atoms with Crippen molar-refractivity contribution in [1.82, 2.24) is 15.1 Å². The van der Waals surface area contributed by atoms with E-state index < -0.39 is 12.1 Å². The molecule has 0 aliphatic heterocycles. The number of halogens is 4. The Balaban J connectivity index is 1.76. The smallest absolute Gasteiger partial charge is 0.349 e. The van der Waals surface area contributed by atoms with Crippen LogP contribution in [0.4, 0.5) is 13.2 Å². The molecule has 0 unspecified atom stereocenters. The van der Waals surface area contributed by atoms with Crippen LogP contribution in [0.1, 0.15) is 61.5 Å². The van der Waals surface area contributed by atoms with E-state index in [9.17, 15) is 18.0 Å². The van der Waals surface area contributed by atoms with Gasteiger partial charge in [0.15, 0.2) is 0 Å². The number of carbonyl (C=O) groups is 1. The van der Waals surface area contributed by atoms with Crippen molar-refractivity contribution < 1.29 is 18.0 Å². The molecular formula is C20H23ClF3N3O. The summed E-state index contributed by atoms with van der Waals surface area (Å²) in [5, 5.41) is 7.81. The van der Waals surface area contributed by atoms with E-state index in [-0.39, 0.29) is 30.7 Å². The molecule has 1 aromatic carbocycles. The number of nitrogens with zero attached hydrogens (tertiary/aromatic N) is 2. The summed E-state index contributed by atoms with van der Waals surface area (Å²) in [6.45, 7) is 3.92. The predicted octanol–water partition coefficient (Wildman–Crippen LogP) is 5.50. The molecule has 1 aliphatic carbocycles. The molecule has 152 valence electrons. The zero-order chi connectivity index (χ0) is 20.5. The van der Waals surface area contributed by atoms with Crippen LogP contribution in [0.15, 0.2) is 30.5 Å². The first kappa shape index (κ1) is 20.7. The van der Waals surface area contributed by atoms with Gasteiger partial charge in [-0.3, -0.25) is 4.79 Å². The van der Waals surface area contributed by atoms with E-state index in [2.05, 4.69) is 10.4 Å². The van der Waals surface area contributed by atoms with Gasteiger partial charge in [0.05, 0.1) is 29.1 Å². The lowest BCUT2D eigenvalue weighted by Crippen LogP contribution is -2.40. The van der Waals surface area contributed by atoms with Gasteiger partial charge in [0.1, 0.15) is 0 Å². The summed E-state index contributed by atoms with van der Waals surface area (Å²) in [7, 11) is 0. The number of amides is 1. The van der Waals surface area contributed by atoms with Crippen molar-refractivity contribution >= 4 is 17.5 Å². The standard InChI is InChI=1S/C20H23ClF3N3O/c1-12(2)18-17(11-25-27(18)16-5-3-4-14(21)10-16)19(28)26-15-8-6-13(7-9-15)20(22,23)24/h3-5,10-13,15H,6-9H2,1-2H3,(H,26,28). The maximum atomic E-state index is 12.8. The highest BCUT2D eigenvalue weighted by Crippen LogP contribution is 2.37. The van der Waals surface area contributed by atoms with Crippen molar-refractivity contribution in [1.29, 1.82) is 0 Å². The number of hydrogen-bond acceptors (Lipinski definition) is 2. The van der Waals surface area contributed by atoms with Crippen LogP contribution in [0, 0.1) is 5.92 Å². The number of alkyl halides is 3. The summed E-state index contributed by atoms with van der Waals surface area (Å²) in [6, 6.07) is 6.93. The number of aromatic nitrogens is 2. The van der Waals surface area contributed by atoms with E-state index in [4.69, 9.17) is 11.6 Å². The minimum atomic E-state index is -4.15. The highest BCUT2D eigenvalue weighted by atomic mass is 35.5. The van der Waals surface area contributed by atoms with Gasteiger partial charge in [-0.05, 0) is 49.8 Å². The molecule has 1 fully saturated rings. The van der Waals surface area contributed by atoms with Gasteiger partial charge in [-0.25, -0.2) is 4.68 Å². The van der Waals surface area contributed by atoms with E-state index in [0.717, 1.165) is 11.4 Å². The van der Waals surface area contributed by atoms with Crippen LogP contribution in [0.3, 0.4) is 0 Å². The Kier molecular flexibility index (Phi) is 6.03.